The lowest BCUT2D eigenvalue weighted by atomic mass is 10.1. The average molecular weight is 266 g/mol. The minimum absolute atomic E-state index is 0.788. The summed E-state index contributed by atoms with van der Waals surface area (Å²) in [5.41, 5.74) is 3.60. The predicted molar refractivity (Wildman–Crippen MR) is 81.3 cm³/mol. The van der Waals surface area contributed by atoms with Crippen LogP contribution in [0, 0.1) is 0 Å². The Balaban J connectivity index is 1.82. The highest BCUT2D eigenvalue weighted by atomic mass is 32.1. The summed E-state index contributed by atoms with van der Waals surface area (Å²) in [5, 5.41) is 5.59. The van der Waals surface area contributed by atoms with Gasteiger partial charge in [0, 0.05) is 35.1 Å². The van der Waals surface area contributed by atoms with Crippen molar-refractivity contribution in [3.63, 3.8) is 0 Å². The zero-order chi connectivity index (χ0) is 12.9. The molecule has 2 heterocycles. The van der Waals surface area contributed by atoms with Crippen LogP contribution in [-0.2, 0) is 6.54 Å². The lowest BCUT2D eigenvalue weighted by molar-refractivity contribution is 1.11. The van der Waals surface area contributed by atoms with E-state index in [4.69, 9.17) is 0 Å². The third-order valence-electron chi connectivity index (χ3n) is 2.92. The van der Waals surface area contributed by atoms with Crippen molar-refractivity contribution in [2.45, 2.75) is 6.54 Å². The number of nitrogens with one attached hydrogen (secondary N) is 1. The van der Waals surface area contributed by atoms with Gasteiger partial charge in [-0.15, -0.1) is 11.3 Å². The number of hydrogen-bond acceptors (Lipinski definition) is 3. The number of thiophene rings is 1. The van der Waals surface area contributed by atoms with E-state index in [0.717, 1.165) is 12.2 Å². The maximum atomic E-state index is 4.13. The van der Waals surface area contributed by atoms with Gasteiger partial charge in [-0.1, -0.05) is 30.3 Å². The summed E-state index contributed by atoms with van der Waals surface area (Å²) in [6, 6.07) is 16.7. The minimum Gasteiger partial charge on any atom is -0.380 e. The van der Waals surface area contributed by atoms with Crippen molar-refractivity contribution in [3.8, 4) is 10.4 Å². The molecule has 0 unspecified atom stereocenters. The molecule has 0 radical (unpaired) electrons. The highest BCUT2D eigenvalue weighted by Gasteiger charge is 2.04. The van der Waals surface area contributed by atoms with Crippen LogP contribution in [0.1, 0.15) is 5.56 Å². The molecule has 1 aromatic carbocycles. The largest absolute Gasteiger partial charge is 0.380 e. The van der Waals surface area contributed by atoms with Gasteiger partial charge >= 0.3 is 0 Å². The Morgan fingerprint density at radius 1 is 1.00 bits per heavy atom. The van der Waals surface area contributed by atoms with Gasteiger partial charge in [-0.2, -0.15) is 0 Å². The van der Waals surface area contributed by atoms with Crippen LogP contribution in [0.5, 0.6) is 0 Å². The molecule has 3 heteroatoms. The van der Waals surface area contributed by atoms with Crippen molar-refractivity contribution in [2.24, 2.45) is 0 Å². The Labute approximate surface area is 116 Å². The molecular weight excluding hydrogens is 252 g/mol. The molecule has 94 valence electrons. The Morgan fingerprint density at radius 3 is 2.74 bits per heavy atom. The first kappa shape index (κ1) is 11.9. The Hall–Kier alpha value is -2.13. The first-order valence-corrected chi connectivity index (χ1v) is 7.07. The molecule has 0 fully saturated rings. The Morgan fingerprint density at radius 2 is 1.95 bits per heavy atom. The van der Waals surface area contributed by atoms with Gasteiger partial charge in [0.25, 0.3) is 0 Å². The molecule has 0 spiro atoms. The summed E-state index contributed by atoms with van der Waals surface area (Å²) in [6.07, 6.45) is 3.68. The number of pyridine rings is 1. The zero-order valence-electron chi connectivity index (χ0n) is 10.4. The van der Waals surface area contributed by atoms with Crippen molar-refractivity contribution >= 4 is 17.0 Å². The molecule has 2 nitrogen and oxygen atoms in total. The normalized spacial score (nSPS) is 10.3. The van der Waals surface area contributed by atoms with Gasteiger partial charge in [-0.05, 0) is 29.1 Å². The molecular formula is C16H14N2S. The molecule has 1 N–H and O–H groups in total. The molecule has 0 atom stereocenters. The van der Waals surface area contributed by atoms with Crippen LogP contribution < -0.4 is 5.32 Å². The third kappa shape index (κ3) is 2.83. The summed E-state index contributed by atoms with van der Waals surface area (Å²) < 4.78 is 0. The molecule has 19 heavy (non-hydrogen) atoms. The van der Waals surface area contributed by atoms with Gasteiger partial charge in [-0.25, -0.2) is 0 Å². The topological polar surface area (TPSA) is 24.9 Å². The second-order valence-electron chi connectivity index (χ2n) is 4.24. The number of hydrogen-bond donors (Lipinski definition) is 1. The second-order valence-corrected chi connectivity index (χ2v) is 5.19. The highest BCUT2D eigenvalue weighted by Crippen LogP contribution is 2.31. The van der Waals surface area contributed by atoms with Crippen LogP contribution in [0.4, 0.5) is 5.69 Å². The minimum atomic E-state index is 0.788. The molecule has 0 aliphatic rings. The van der Waals surface area contributed by atoms with Crippen LogP contribution >= 0.6 is 11.3 Å². The summed E-state index contributed by atoms with van der Waals surface area (Å²) in [6.45, 7) is 0.788. The maximum Gasteiger partial charge on any atom is 0.0430 e. The van der Waals surface area contributed by atoms with Gasteiger partial charge in [-0.3, -0.25) is 4.98 Å². The molecule has 3 aromatic rings. The van der Waals surface area contributed by atoms with E-state index >= 15 is 0 Å². The van der Waals surface area contributed by atoms with E-state index in [0.29, 0.717) is 0 Å². The number of benzene rings is 1. The van der Waals surface area contributed by atoms with E-state index in [2.05, 4.69) is 58.1 Å². The van der Waals surface area contributed by atoms with Crippen LogP contribution in [0.2, 0.25) is 0 Å². The summed E-state index contributed by atoms with van der Waals surface area (Å²) in [7, 11) is 0. The Kier molecular flexibility index (Phi) is 3.56. The number of rotatable bonds is 4. The van der Waals surface area contributed by atoms with Crippen LogP contribution in [0.25, 0.3) is 10.4 Å². The quantitative estimate of drug-likeness (QED) is 0.756. The van der Waals surface area contributed by atoms with E-state index in [9.17, 15) is 0 Å². The number of anilines is 1. The van der Waals surface area contributed by atoms with Gasteiger partial charge in [0.15, 0.2) is 0 Å². The lowest BCUT2D eigenvalue weighted by Crippen LogP contribution is -2.00. The molecule has 0 amide bonds. The lowest BCUT2D eigenvalue weighted by Gasteiger charge is -2.10. The fourth-order valence-corrected chi connectivity index (χ4v) is 2.75. The average Bonchev–Trinajstić information content (AvgIpc) is 3.01. The molecule has 0 aliphatic heterocycles. The van der Waals surface area contributed by atoms with E-state index < -0.39 is 0 Å². The highest BCUT2D eigenvalue weighted by molar-refractivity contribution is 7.13. The van der Waals surface area contributed by atoms with Gasteiger partial charge in [0.05, 0.1) is 0 Å². The van der Waals surface area contributed by atoms with Crippen LogP contribution in [0.15, 0.2) is 66.3 Å². The number of nitrogens with zero attached hydrogens (tertiary/aromatic N) is 1. The smallest absolute Gasteiger partial charge is 0.0430 e. The number of aromatic nitrogens is 1. The fraction of sp³-hybridized carbons (Fsp3) is 0.0625. The van der Waals surface area contributed by atoms with E-state index in [1.807, 2.05) is 12.3 Å². The summed E-state index contributed by atoms with van der Waals surface area (Å²) in [5.74, 6) is 0. The Bertz CT molecular complexity index is 633. The SMILES string of the molecule is c1cncc(CNc2ccccc2-c2cccs2)c1. The molecule has 0 bridgehead atoms. The zero-order valence-corrected chi connectivity index (χ0v) is 11.2. The van der Waals surface area contributed by atoms with Crippen molar-refractivity contribution in [2.75, 3.05) is 5.32 Å². The molecule has 0 aliphatic carbocycles. The first-order valence-electron chi connectivity index (χ1n) is 6.19. The van der Waals surface area contributed by atoms with E-state index in [-0.39, 0.29) is 0 Å². The molecule has 2 aromatic heterocycles. The number of para-hydroxylation sites is 1. The predicted octanol–water partition coefficient (Wildman–Crippen LogP) is 4.42. The van der Waals surface area contributed by atoms with Gasteiger partial charge < -0.3 is 5.32 Å². The van der Waals surface area contributed by atoms with Crippen molar-refractivity contribution in [3.05, 3.63) is 71.9 Å². The van der Waals surface area contributed by atoms with E-state index in [1.54, 1.807) is 17.5 Å². The van der Waals surface area contributed by atoms with Gasteiger partial charge in [0.1, 0.15) is 0 Å². The van der Waals surface area contributed by atoms with Gasteiger partial charge in [0.2, 0.25) is 0 Å². The van der Waals surface area contributed by atoms with Crippen molar-refractivity contribution in [1.82, 2.24) is 4.98 Å². The summed E-state index contributed by atoms with van der Waals surface area (Å²) in [4.78, 5) is 5.42. The third-order valence-corrected chi connectivity index (χ3v) is 3.82. The summed E-state index contributed by atoms with van der Waals surface area (Å²) >= 11 is 1.76. The monoisotopic (exact) mass is 266 g/mol. The van der Waals surface area contributed by atoms with Crippen LogP contribution in [0.3, 0.4) is 0 Å². The second kappa shape index (κ2) is 5.67. The van der Waals surface area contributed by atoms with Crippen molar-refractivity contribution < 1.29 is 0 Å². The molecule has 0 saturated heterocycles. The first-order chi connectivity index (χ1) is 9.43. The standard InChI is InChI=1S/C16H14N2S/c1-2-7-15(14(6-1)16-8-4-10-19-16)18-12-13-5-3-9-17-11-13/h1-11,18H,12H2. The van der Waals surface area contributed by atoms with E-state index in [1.165, 1.54) is 16.0 Å². The maximum absolute atomic E-state index is 4.13. The molecule has 0 saturated carbocycles. The van der Waals surface area contributed by atoms with Crippen LogP contribution in [-0.4, -0.2) is 4.98 Å². The molecule has 3 rings (SSSR count). The fourth-order valence-electron chi connectivity index (χ4n) is 1.98. The van der Waals surface area contributed by atoms with Crippen molar-refractivity contribution in [1.29, 1.82) is 0 Å².